The van der Waals surface area contributed by atoms with Gasteiger partial charge in [-0.25, -0.2) is 4.98 Å². The van der Waals surface area contributed by atoms with Gasteiger partial charge in [-0.2, -0.15) is 4.98 Å². The van der Waals surface area contributed by atoms with Gasteiger partial charge in [0, 0.05) is 30.4 Å². The van der Waals surface area contributed by atoms with Crippen molar-refractivity contribution in [3.05, 3.63) is 29.4 Å². The summed E-state index contributed by atoms with van der Waals surface area (Å²) in [6.07, 6.45) is 7.22. The van der Waals surface area contributed by atoms with Crippen molar-refractivity contribution in [2.45, 2.75) is 44.8 Å². The average molecular weight is 390 g/mol. The summed E-state index contributed by atoms with van der Waals surface area (Å²) in [4.78, 5) is 23.9. The maximum atomic E-state index is 12.4. The highest BCUT2D eigenvalue weighted by Gasteiger charge is 2.25. The highest BCUT2D eigenvalue weighted by Crippen LogP contribution is 2.31. The topological polar surface area (TPSA) is 106 Å². The molecule has 0 unspecified atom stereocenters. The fourth-order valence-electron chi connectivity index (χ4n) is 3.41. The number of halogens is 1. The molecule has 1 aliphatic carbocycles. The molecule has 1 saturated carbocycles. The highest BCUT2D eigenvalue weighted by atomic mass is 35.5. The minimum atomic E-state index is -0.375. The predicted molar refractivity (Wildman–Crippen MR) is 99.5 cm³/mol. The van der Waals surface area contributed by atoms with E-state index in [1.54, 1.807) is 12.4 Å². The maximum Gasteiger partial charge on any atom is 0.316 e. The molecule has 1 amide bonds. The molecule has 0 aliphatic heterocycles. The highest BCUT2D eigenvalue weighted by molar-refractivity contribution is 6.37. The Balaban J connectivity index is 1.44. The first-order chi connectivity index (χ1) is 13.2. The number of pyridine rings is 1. The first kappa shape index (κ1) is 17.9. The Morgan fingerprint density at radius 1 is 1.41 bits per heavy atom. The molecule has 3 heterocycles. The molecule has 4 rings (SSSR count). The molecule has 0 bridgehead atoms. The van der Waals surface area contributed by atoms with E-state index < -0.39 is 0 Å². The van der Waals surface area contributed by atoms with E-state index in [4.69, 9.17) is 20.9 Å². The number of H-pyrrole nitrogens is 1. The van der Waals surface area contributed by atoms with Gasteiger partial charge < -0.3 is 19.6 Å². The molecule has 0 atom stereocenters. The van der Waals surface area contributed by atoms with Crippen LogP contribution in [0.15, 0.2) is 23.0 Å². The Kier molecular flexibility index (Phi) is 5.09. The third-order valence-electron chi connectivity index (χ3n) is 4.79. The van der Waals surface area contributed by atoms with Gasteiger partial charge in [0.25, 0.3) is 0 Å². The predicted octanol–water partition coefficient (Wildman–Crippen LogP) is 3.34. The lowest BCUT2D eigenvalue weighted by Gasteiger charge is -2.28. The molecular weight excluding hydrogens is 370 g/mol. The van der Waals surface area contributed by atoms with Crippen LogP contribution in [0.4, 0.5) is 0 Å². The second-order valence-electron chi connectivity index (χ2n) is 6.55. The van der Waals surface area contributed by atoms with Gasteiger partial charge in [0.15, 0.2) is 0 Å². The van der Waals surface area contributed by atoms with Crippen molar-refractivity contribution in [1.29, 1.82) is 0 Å². The SMILES string of the molecule is CCO[C@H]1CC[C@H](NC(=O)c2nc(-c3cnc4[nH]ccc4c3Cl)no2)CC1. The van der Waals surface area contributed by atoms with Crippen LogP contribution in [-0.4, -0.2) is 44.8 Å². The Hall–Kier alpha value is -2.45. The number of rotatable bonds is 5. The first-order valence-corrected chi connectivity index (χ1v) is 9.41. The zero-order valence-corrected chi connectivity index (χ0v) is 15.6. The molecule has 0 spiro atoms. The van der Waals surface area contributed by atoms with E-state index in [-0.39, 0.29) is 29.8 Å². The zero-order valence-electron chi connectivity index (χ0n) is 14.9. The van der Waals surface area contributed by atoms with E-state index in [1.165, 1.54) is 0 Å². The summed E-state index contributed by atoms with van der Waals surface area (Å²) >= 11 is 6.41. The fourth-order valence-corrected chi connectivity index (χ4v) is 3.70. The number of nitrogens with one attached hydrogen (secondary N) is 2. The van der Waals surface area contributed by atoms with Gasteiger partial charge in [-0.3, -0.25) is 4.79 Å². The number of amides is 1. The normalized spacial score (nSPS) is 20.1. The van der Waals surface area contributed by atoms with Gasteiger partial charge in [0.05, 0.1) is 16.7 Å². The Labute approximate surface area is 160 Å². The van der Waals surface area contributed by atoms with Gasteiger partial charge in [0.2, 0.25) is 5.82 Å². The number of fused-ring (bicyclic) bond motifs is 1. The number of carbonyl (C=O) groups excluding carboxylic acids is 1. The summed E-state index contributed by atoms with van der Waals surface area (Å²) in [7, 11) is 0. The number of hydrogen-bond donors (Lipinski definition) is 2. The van der Waals surface area contributed by atoms with Crippen LogP contribution >= 0.6 is 11.6 Å². The molecule has 1 aliphatic rings. The van der Waals surface area contributed by atoms with Crippen molar-refractivity contribution < 1.29 is 14.1 Å². The van der Waals surface area contributed by atoms with Crippen LogP contribution < -0.4 is 5.32 Å². The van der Waals surface area contributed by atoms with Gasteiger partial charge in [-0.15, -0.1) is 0 Å². The molecule has 1 fully saturated rings. The smallest absolute Gasteiger partial charge is 0.316 e. The van der Waals surface area contributed by atoms with Crippen LogP contribution in [0.5, 0.6) is 0 Å². The van der Waals surface area contributed by atoms with Gasteiger partial charge in [-0.1, -0.05) is 16.8 Å². The van der Waals surface area contributed by atoms with Crippen LogP contribution in [0.3, 0.4) is 0 Å². The van der Waals surface area contributed by atoms with Gasteiger partial charge in [-0.05, 0) is 38.7 Å². The van der Waals surface area contributed by atoms with E-state index in [0.29, 0.717) is 16.2 Å². The van der Waals surface area contributed by atoms with E-state index in [2.05, 4.69) is 25.4 Å². The number of aromatic nitrogens is 4. The standard InChI is InChI=1S/C18H20ClN5O3/c1-2-26-11-5-3-10(4-6-11)22-17(25)18-23-16(24-27-18)13-9-21-15-12(14(13)19)7-8-20-15/h7-11H,2-6H2,1H3,(H,20,21)(H,22,25)/t10-,11-. The lowest BCUT2D eigenvalue weighted by molar-refractivity contribution is 0.0297. The number of hydrogen-bond acceptors (Lipinski definition) is 6. The van der Waals surface area contributed by atoms with E-state index in [1.807, 2.05) is 13.0 Å². The summed E-state index contributed by atoms with van der Waals surface area (Å²) in [6.45, 7) is 2.72. The minimum absolute atomic E-state index is 0.0813. The van der Waals surface area contributed by atoms with Crippen molar-refractivity contribution in [1.82, 2.24) is 25.4 Å². The summed E-state index contributed by atoms with van der Waals surface area (Å²) in [5.41, 5.74) is 1.19. The first-order valence-electron chi connectivity index (χ1n) is 9.03. The molecule has 0 saturated heterocycles. The largest absolute Gasteiger partial charge is 0.379 e. The van der Waals surface area contributed by atoms with Crippen molar-refractivity contribution >= 4 is 28.5 Å². The Morgan fingerprint density at radius 2 is 2.22 bits per heavy atom. The van der Waals surface area contributed by atoms with Crippen molar-refractivity contribution in [2.75, 3.05) is 6.61 Å². The van der Waals surface area contributed by atoms with Crippen LogP contribution in [0.25, 0.3) is 22.4 Å². The zero-order chi connectivity index (χ0) is 18.8. The molecule has 0 radical (unpaired) electrons. The summed E-state index contributed by atoms with van der Waals surface area (Å²) in [5, 5.41) is 8.07. The molecule has 8 nitrogen and oxygen atoms in total. The Morgan fingerprint density at radius 3 is 3.00 bits per heavy atom. The van der Waals surface area contributed by atoms with E-state index in [9.17, 15) is 4.79 Å². The molecule has 27 heavy (non-hydrogen) atoms. The number of ether oxygens (including phenoxy) is 1. The molecule has 3 aromatic heterocycles. The maximum absolute atomic E-state index is 12.4. The molecule has 3 aromatic rings. The lowest BCUT2D eigenvalue weighted by atomic mass is 9.93. The van der Waals surface area contributed by atoms with Gasteiger partial charge >= 0.3 is 11.8 Å². The van der Waals surface area contributed by atoms with Crippen LogP contribution in [0.1, 0.15) is 43.3 Å². The number of aromatic amines is 1. The summed E-state index contributed by atoms with van der Waals surface area (Å²) in [6, 6.07) is 1.91. The molecule has 2 N–H and O–H groups in total. The average Bonchev–Trinajstić information content (AvgIpc) is 3.33. The summed E-state index contributed by atoms with van der Waals surface area (Å²) < 4.78 is 10.8. The second-order valence-corrected chi connectivity index (χ2v) is 6.93. The van der Waals surface area contributed by atoms with Crippen LogP contribution in [0, 0.1) is 0 Å². The third kappa shape index (κ3) is 3.68. The summed E-state index contributed by atoms with van der Waals surface area (Å²) in [5.74, 6) is -0.219. The molecular formula is C18H20ClN5O3. The molecule has 142 valence electrons. The number of carbonyl (C=O) groups is 1. The monoisotopic (exact) mass is 389 g/mol. The van der Waals surface area contributed by atoms with Crippen molar-refractivity contribution in [3.63, 3.8) is 0 Å². The van der Waals surface area contributed by atoms with Gasteiger partial charge in [0.1, 0.15) is 5.65 Å². The lowest BCUT2D eigenvalue weighted by Crippen LogP contribution is -2.39. The van der Waals surface area contributed by atoms with Crippen molar-refractivity contribution in [2.24, 2.45) is 0 Å². The minimum Gasteiger partial charge on any atom is -0.379 e. The third-order valence-corrected chi connectivity index (χ3v) is 5.20. The molecule has 9 heteroatoms. The second kappa shape index (κ2) is 7.66. The van der Waals surface area contributed by atoms with E-state index >= 15 is 0 Å². The Bertz CT molecular complexity index is 946. The quantitative estimate of drug-likeness (QED) is 0.693. The van der Waals surface area contributed by atoms with Crippen LogP contribution in [-0.2, 0) is 4.74 Å². The van der Waals surface area contributed by atoms with Crippen LogP contribution in [0.2, 0.25) is 5.02 Å². The number of nitrogens with zero attached hydrogens (tertiary/aromatic N) is 3. The fraction of sp³-hybridized carbons (Fsp3) is 0.444. The van der Waals surface area contributed by atoms with Crippen molar-refractivity contribution in [3.8, 4) is 11.4 Å². The van der Waals surface area contributed by atoms with E-state index in [0.717, 1.165) is 37.7 Å². The molecule has 0 aromatic carbocycles.